The van der Waals surface area contributed by atoms with Crippen molar-refractivity contribution < 1.29 is 36.2 Å². The minimum atomic E-state index is -5.08. The summed E-state index contributed by atoms with van der Waals surface area (Å²) in [5, 5.41) is 7.00. The first-order valence-electron chi connectivity index (χ1n) is 10.2. The lowest BCUT2D eigenvalue weighted by molar-refractivity contribution is -0.192. The summed E-state index contributed by atoms with van der Waals surface area (Å²) in [7, 11) is -3.08. The second-order valence-corrected chi connectivity index (χ2v) is 10.5. The number of rotatable bonds is 4. The number of aliphatic carboxylic acids is 1. The number of halogens is 3. The molecule has 2 N–H and O–H groups in total. The van der Waals surface area contributed by atoms with Gasteiger partial charge in [-0.3, -0.25) is 4.90 Å². The van der Waals surface area contributed by atoms with Crippen LogP contribution in [0.1, 0.15) is 57.8 Å². The number of nitrogens with zero attached hydrogens (tertiary/aromatic N) is 1. The summed E-state index contributed by atoms with van der Waals surface area (Å²) in [6, 6.07) is 0.814. The molecule has 2 aliphatic carbocycles. The zero-order valence-electron chi connectivity index (χ0n) is 16.3. The molecule has 29 heavy (non-hydrogen) atoms. The van der Waals surface area contributed by atoms with Gasteiger partial charge in [0, 0.05) is 31.8 Å². The fourth-order valence-electron chi connectivity index (χ4n) is 4.58. The van der Waals surface area contributed by atoms with Gasteiger partial charge in [0.25, 0.3) is 0 Å². The predicted molar refractivity (Wildman–Crippen MR) is 98.9 cm³/mol. The number of sulfonamides is 1. The quantitative estimate of drug-likeness (QED) is 0.694. The summed E-state index contributed by atoms with van der Waals surface area (Å²) in [5.41, 5.74) is -0.0996. The first-order valence-corrected chi connectivity index (χ1v) is 11.7. The molecule has 0 unspecified atom stereocenters. The van der Waals surface area contributed by atoms with E-state index in [0.29, 0.717) is 6.61 Å². The number of ether oxygens (including phenoxy) is 1. The van der Waals surface area contributed by atoms with E-state index in [-0.39, 0.29) is 16.9 Å². The van der Waals surface area contributed by atoms with Gasteiger partial charge >= 0.3 is 12.1 Å². The fraction of sp³-hybridized carbons (Fsp3) is 0.944. The summed E-state index contributed by atoms with van der Waals surface area (Å²) in [6.45, 7) is 2.81. The van der Waals surface area contributed by atoms with Crippen LogP contribution in [0.4, 0.5) is 13.2 Å². The van der Waals surface area contributed by atoms with Crippen LogP contribution < -0.4 is 4.72 Å². The molecule has 0 amide bonds. The summed E-state index contributed by atoms with van der Waals surface area (Å²) >= 11 is 0. The second-order valence-electron chi connectivity index (χ2n) is 8.55. The minimum absolute atomic E-state index is 0.0721. The van der Waals surface area contributed by atoms with Gasteiger partial charge in [-0.05, 0) is 44.9 Å². The van der Waals surface area contributed by atoms with E-state index >= 15 is 0 Å². The van der Waals surface area contributed by atoms with Crippen molar-refractivity contribution >= 4 is 16.0 Å². The SMILES string of the molecule is O=C(O)C(F)(F)F.O=S(=O)(N[C@H]1CCO[C@]2(CCN(C3CCCC3)C2)C1)C1CC1. The van der Waals surface area contributed by atoms with Gasteiger partial charge in [-0.25, -0.2) is 17.9 Å². The number of nitrogens with one attached hydrogen (secondary N) is 1. The van der Waals surface area contributed by atoms with E-state index in [2.05, 4.69) is 9.62 Å². The zero-order valence-corrected chi connectivity index (χ0v) is 17.1. The molecule has 4 rings (SSSR count). The van der Waals surface area contributed by atoms with Gasteiger partial charge in [0.2, 0.25) is 10.0 Å². The van der Waals surface area contributed by atoms with Crippen molar-refractivity contribution in [1.82, 2.24) is 9.62 Å². The second kappa shape index (κ2) is 8.68. The highest BCUT2D eigenvalue weighted by atomic mass is 32.2. The van der Waals surface area contributed by atoms with E-state index in [4.69, 9.17) is 14.6 Å². The molecule has 0 aromatic heterocycles. The fourth-order valence-corrected chi connectivity index (χ4v) is 6.19. The summed E-state index contributed by atoms with van der Waals surface area (Å²) in [4.78, 5) is 11.5. The van der Waals surface area contributed by atoms with Crippen LogP contribution in [0, 0.1) is 0 Å². The molecule has 2 saturated carbocycles. The van der Waals surface area contributed by atoms with Crippen LogP contribution in [0.25, 0.3) is 0 Å². The van der Waals surface area contributed by atoms with Gasteiger partial charge in [0.05, 0.1) is 10.9 Å². The summed E-state index contributed by atoms with van der Waals surface area (Å²) in [5.74, 6) is -2.76. The standard InChI is InChI=1S/C16H28N2O3S.C2HF3O2/c19-22(20,15-5-6-15)17-13-7-10-21-16(11-13)8-9-18(12-16)14-3-1-2-4-14;3-2(4,5)1(6)7/h13-15,17H,1-12H2;(H,6,7)/t13-,16+;/m0./s1. The zero-order chi connectivity index (χ0) is 21.3. The predicted octanol–water partition coefficient (Wildman–Crippen LogP) is 2.27. The third kappa shape index (κ3) is 6.05. The maximum Gasteiger partial charge on any atom is 0.490 e. The molecule has 4 aliphatic rings. The lowest BCUT2D eigenvalue weighted by Crippen LogP contribution is -2.50. The highest BCUT2D eigenvalue weighted by molar-refractivity contribution is 7.90. The van der Waals surface area contributed by atoms with Gasteiger partial charge < -0.3 is 9.84 Å². The first-order chi connectivity index (χ1) is 13.5. The molecule has 0 radical (unpaired) electrons. The van der Waals surface area contributed by atoms with Crippen molar-refractivity contribution in [3.8, 4) is 0 Å². The van der Waals surface area contributed by atoms with Crippen LogP contribution in [-0.2, 0) is 19.6 Å². The number of alkyl halides is 3. The van der Waals surface area contributed by atoms with Crippen molar-refractivity contribution in [2.75, 3.05) is 19.7 Å². The van der Waals surface area contributed by atoms with E-state index in [1.807, 2.05) is 0 Å². The Kier molecular flexibility index (Phi) is 6.82. The Morgan fingerprint density at radius 1 is 1.14 bits per heavy atom. The van der Waals surface area contributed by atoms with Crippen LogP contribution in [0.15, 0.2) is 0 Å². The Labute approximate surface area is 169 Å². The molecule has 2 aliphatic heterocycles. The maximum atomic E-state index is 12.2. The van der Waals surface area contributed by atoms with Crippen molar-refractivity contribution in [2.24, 2.45) is 0 Å². The molecule has 2 saturated heterocycles. The van der Waals surface area contributed by atoms with E-state index in [9.17, 15) is 21.6 Å². The van der Waals surface area contributed by atoms with Crippen molar-refractivity contribution in [2.45, 2.75) is 86.9 Å². The summed E-state index contributed by atoms with van der Waals surface area (Å²) in [6.07, 6.45) is 4.68. The maximum absolute atomic E-state index is 12.2. The van der Waals surface area contributed by atoms with E-state index in [1.54, 1.807) is 0 Å². The average molecular weight is 443 g/mol. The Hall–Kier alpha value is -0.910. The van der Waals surface area contributed by atoms with Crippen LogP contribution in [0.2, 0.25) is 0 Å². The Bertz CT molecular complexity index is 692. The van der Waals surface area contributed by atoms with Gasteiger partial charge in [-0.2, -0.15) is 13.2 Å². The van der Waals surface area contributed by atoms with Crippen molar-refractivity contribution in [1.29, 1.82) is 0 Å². The largest absolute Gasteiger partial charge is 0.490 e. The van der Waals surface area contributed by atoms with Gasteiger partial charge in [0.15, 0.2) is 0 Å². The number of carboxylic acid groups (broad SMARTS) is 1. The van der Waals surface area contributed by atoms with Gasteiger partial charge in [-0.15, -0.1) is 0 Å². The van der Waals surface area contributed by atoms with Gasteiger partial charge in [0.1, 0.15) is 0 Å². The number of hydrogen-bond acceptors (Lipinski definition) is 5. The Morgan fingerprint density at radius 3 is 2.31 bits per heavy atom. The smallest absolute Gasteiger partial charge is 0.475 e. The molecule has 168 valence electrons. The summed E-state index contributed by atoms with van der Waals surface area (Å²) < 4.78 is 65.2. The molecule has 0 aromatic carbocycles. The molecule has 0 aromatic rings. The number of carbonyl (C=O) groups is 1. The first kappa shape index (κ1) is 22.8. The third-order valence-electron chi connectivity index (χ3n) is 6.22. The van der Waals surface area contributed by atoms with E-state index < -0.39 is 22.2 Å². The van der Waals surface area contributed by atoms with Crippen LogP contribution in [0.3, 0.4) is 0 Å². The molecule has 11 heteroatoms. The third-order valence-corrected chi connectivity index (χ3v) is 8.23. The van der Waals surface area contributed by atoms with E-state index in [1.165, 1.54) is 25.7 Å². The Balaban J connectivity index is 0.000000298. The average Bonchev–Trinajstić information content (AvgIpc) is 3.21. The van der Waals surface area contributed by atoms with Crippen molar-refractivity contribution in [3.05, 3.63) is 0 Å². The van der Waals surface area contributed by atoms with Gasteiger partial charge in [-0.1, -0.05) is 12.8 Å². The van der Waals surface area contributed by atoms with Crippen LogP contribution in [0.5, 0.6) is 0 Å². The number of hydrogen-bond donors (Lipinski definition) is 2. The monoisotopic (exact) mass is 442 g/mol. The molecule has 1 spiro atoms. The molecule has 4 fully saturated rings. The topological polar surface area (TPSA) is 95.9 Å². The minimum Gasteiger partial charge on any atom is -0.475 e. The lowest BCUT2D eigenvalue weighted by Gasteiger charge is -2.39. The van der Waals surface area contributed by atoms with E-state index in [0.717, 1.165) is 51.2 Å². The normalized spacial score (nSPS) is 31.6. The van der Waals surface area contributed by atoms with Crippen LogP contribution in [-0.4, -0.2) is 73.2 Å². The molecular weight excluding hydrogens is 413 g/mol. The highest BCUT2D eigenvalue weighted by Crippen LogP contribution is 2.38. The number of likely N-dealkylation sites (tertiary alicyclic amines) is 1. The molecule has 0 bridgehead atoms. The van der Waals surface area contributed by atoms with Crippen LogP contribution >= 0.6 is 0 Å². The lowest BCUT2D eigenvalue weighted by atomic mass is 9.90. The molecule has 7 nitrogen and oxygen atoms in total. The molecule has 2 atom stereocenters. The number of carboxylic acids is 1. The highest BCUT2D eigenvalue weighted by Gasteiger charge is 2.46. The molecular formula is C18H29F3N2O5S. The molecule has 2 heterocycles. The Morgan fingerprint density at radius 2 is 1.76 bits per heavy atom. The van der Waals surface area contributed by atoms with Crippen molar-refractivity contribution in [3.63, 3.8) is 0 Å².